The van der Waals surface area contributed by atoms with Gasteiger partial charge in [-0.05, 0) is 75.1 Å². The molecule has 1 fully saturated rings. The van der Waals surface area contributed by atoms with Gasteiger partial charge in [-0.1, -0.05) is 6.07 Å². The van der Waals surface area contributed by atoms with Gasteiger partial charge in [0.1, 0.15) is 5.75 Å². The van der Waals surface area contributed by atoms with Crippen molar-refractivity contribution in [2.45, 2.75) is 44.6 Å². The van der Waals surface area contributed by atoms with Crippen molar-refractivity contribution in [3.63, 3.8) is 0 Å². The topological polar surface area (TPSA) is 105 Å². The number of rotatable bonds is 4. The van der Waals surface area contributed by atoms with Gasteiger partial charge >= 0.3 is 0 Å². The molecule has 0 unspecified atom stereocenters. The lowest BCUT2D eigenvalue weighted by atomic mass is 9.97. The Morgan fingerprint density at radius 2 is 1.81 bits per heavy atom. The number of piperidine rings is 1. The quantitative estimate of drug-likeness (QED) is 0.734. The number of hydrogen-bond donors (Lipinski definition) is 2. The number of amides is 2. The second-order valence-electron chi connectivity index (χ2n) is 8.37. The highest BCUT2D eigenvalue weighted by molar-refractivity contribution is 7.89. The molecule has 1 atom stereocenters. The van der Waals surface area contributed by atoms with Crippen LogP contribution in [0.25, 0.3) is 0 Å². The van der Waals surface area contributed by atoms with Crippen LogP contribution in [0.4, 0.5) is 11.4 Å². The van der Waals surface area contributed by atoms with E-state index in [1.54, 1.807) is 37.3 Å². The molecule has 0 aliphatic carbocycles. The molecular formula is C23H27N3O5S. The molecule has 0 saturated carbocycles. The fourth-order valence-electron chi connectivity index (χ4n) is 3.91. The molecule has 2 amide bonds. The number of nitrogens with one attached hydrogen (secondary N) is 2. The van der Waals surface area contributed by atoms with Crippen LogP contribution >= 0.6 is 0 Å². The third-order valence-corrected chi connectivity index (χ3v) is 8.01. The van der Waals surface area contributed by atoms with Crippen LogP contribution in [0.5, 0.6) is 5.75 Å². The smallest absolute Gasteiger partial charge is 0.265 e. The molecule has 0 bridgehead atoms. The average Bonchev–Trinajstić information content (AvgIpc) is 2.76. The van der Waals surface area contributed by atoms with E-state index in [-0.39, 0.29) is 22.6 Å². The van der Waals surface area contributed by atoms with Crippen LogP contribution < -0.4 is 15.4 Å². The highest BCUT2D eigenvalue weighted by Crippen LogP contribution is 2.33. The Morgan fingerprint density at radius 1 is 1.09 bits per heavy atom. The van der Waals surface area contributed by atoms with Gasteiger partial charge in [0, 0.05) is 24.7 Å². The van der Waals surface area contributed by atoms with Gasteiger partial charge in [-0.2, -0.15) is 4.31 Å². The predicted octanol–water partition coefficient (Wildman–Crippen LogP) is 3.06. The Balaban J connectivity index is 1.38. The first-order valence-corrected chi connectivity index (χ1v) is 12.1. The number of fused-ring (bicyclic) bond motifs is 1. The number of nitrogens with zero attached hydrogens (tertiary/aromatic N) is 1. The van der Waals surface area contributed by atoms with Crippen LogP contribution in [0.2, 0.25) is 0 Å². The Morgan fingerprint density at radius 3 is 2.50 bits per heavy atom. The summed E-state index contributed by atoms with van der Waals surface area (Å²) >= 11 is 0. The van der Waals surface area contributed by atoms with Gasteiger partial charge in [0.15, 0.2) is 6.10 Å². The van der Waals surface area contributed by atoms with Crippen molar-refractivity contribution in [3.05, 3.63) is 47.5 Å². The number of ether oxygens (including phenoxy) is 1. The van der Waals surface area contributed by atoms with Crippen LogP contribution in [0.15, 0.2) is 41.3 Å². The molecule has 32 heavy (non-hydrogen) atoms. The Hall–Kier alpha value is -2.91. The zero-order chi connectivity index (χ0) is 23.0. The third kappa shape index (κ3) is 4.35. The van der Waals surface area contributed by atoms with E-state index < -0.39 is 16.1 Å². The molecule has 0 spiro atoms. The molecular weight excluding hydrogens is 430 g/mol. The van der Waals surface area contributed by atoms with Crippen LogP contribution in [0.3, 0.4) is 0 Å². The first-order valence-electron chi connectivity index (χ1n) is 10.6. The summed E-state index contributed by atoms with van der Waals surface area (Å²) in [4.78, 5) is 24.9. The molecule has 4 rings (SSSR count). The van der Waals surface area contributed by atoms with E-state index in [4.69, 9.17) is 4.74 Å². The van der Waals surface area contributed by atoms with Crippen molar-refractivity contribution in [2.75, 3.05) is 23.7 Å². The van der Waals surface area contributed by atoms with Crippen molar-refractivity contribution >= 4 is 33.2 Å². The lowest BCUT2D eigenvalue weighted by molar-refractivity contribution is -0.122. The average molecular weight is 458 g/mol. The number of carbonyl (C=O) groups excluding carboxylic acids is 2. The van der Waals surface area contributed by atoms with Crippen molar-refractivity contribution in [1.29, 1.82) is 0 Å². The van der Waals surface area contributed by atoms with Crippen molar-refractivity contribution in [2.24, 2.45) is 5.92 Å². The summed E-state index contributed by atoms with van der Waals surface area (Å²) in [5, 5.41) is 5.63. The van der Waals surface area contributed by atoms with E-state index >= 15 is 0 Å². The molecule has 2 N–H and O–H groups in total. The first-order chi connectivity index (χ1) is 15.1. The summed E-state index contributed by atoms with van der Waals surface area (Å²) in [6, 6.07) is 10.2. The zero-order valence-corrected chi connectivity index (χ0v) is 19.2. The summed E-state index contributed by atoms with van der Waals surface area (Å²) in [5.74, 6) is -0.133. The van der Waals surface area contributed by atoms with Crippen LogP contribution in [0, 0.1) is 19.8 Å². The monoisotopic (exact) mass is 457 g/mol. The molecule has 2 aromatic carbocycles. The molecule has 2 heterocycles. The van der Waals surface area contributed by atoms with Crippen molar-refractivity contribution in [1.82, 2.24) is 4.31 Å². The molecule has 170 valence electrons. The van der Waals surface area contributed by atoms with E-state index in [0.29, 0.717) is 43.1 Å². The maximum absolute atomic E-state index is 13.0. The molecule has 0 radical (unpaired) electrons. The predicted molar refractivity (Wildman–Crippen MR) is 121 cm³/mol. The number of sulfonamides is 1. The maximum Gasteiger partial charge on any atom is 0.265 e. The number of hydrogen-bond acceptors (Lipinski definition) is 5. The summed E-state index contributed by atoms with van der Waals surface area (Å²) < 4.78 is 32.9. The Kier molecular flexibility index (Phi) is 5.96. The molecule has 2 aliphatic heterocycles. The van der Waals surface area contributed by atoms with Gasteiger partial charge in [0.2, 0.25) is 15.9 Å². The van der Waals surface area contributed by atoms with E-state index in [1.165, 1.54) is 4.31 Å². The van der Waals surface area contributed by atoms with Gasteiger partial charge < -0.3 is 15.4 Å². The fourth-order valence-corrected chi connectivity index (χ4v) is 5.47. The van der Waals surface area contributed by atoms with Crippen LogP contribution in [-0.4, -0.2) is 43.7 Å². The van der Waals surface area contributed by atoms with E-state index in [0.717, 1.165) is 11.1 Å². The maximum atomic E-state index is 13.0. The normalized spacial score (nSPS) is 19.6. The summed E-state index contributed by atoms with van der Waals surface area (Å²) in [5.41, 5.74) is 3.04. The number of carbonyl (C=O) groups is 2. The van der Waals surface area contributed by atoms with Gasteiger partial charge in [-0.3, -0.25) is 9.59 Å². The first kappa shape index (κ1) is 22.3. The van der Waals surface area contributed by atoms with E-state index in [9.17, 15) is 18.0 Å². The largest absolute Gasteiger partial charge is 0.479 e. The number of benzene rings is 2. The van der Waals surface area contributed by atoms with Crippen molar-refractivity contribution in [3.8, 4) is 5.75 Å². The molecule has 2 aliphatic rings. The third-order valence-electron chi connectivity index (χ3n) is 6.12. The second-order valence-corrected chi connectivity index (χ2v) is 10.3. The van der Waals surface area contributed by atoms with Crippen LogP contribution in [-0.2, 0) is 19.6 Å². The highest BCUT2D eigenvalue weighted by atomic mass is 32.2. The van der Waals surface area contributed by atoms with Crippen molar-refractivity contribution < 1.29 is 22.7 Å². The van der Waals surface area contributed by atoms with Crippen LogP contribution in [0.1, 0.15) is 30.9 Å². The van der Waals surface area contributed by atoms with E-state index in [2.05, 4.69) is 10.6 Å². The Labute approximate surface area is 188 Å². The minimum atomic E-state index is -3.58. The summed E-state index contributed by atoms with van der Waals surface area (Å²) in [6.45, 7) is 6.09. The summed E-state index contributed by atoms with van der Waals surface area (Å²) in [6.07, 6.45) is 0.324. The van der Waals surface area contributed by atoms with Gasteiger partial charge in [-0.25, -0.2) is 8.42 Å². The molecule has 8 nitrogen and oxygen atoms in total. The van der Waals surface area contributed by atoms with Gasteiger partial charge in [0.05, 0.1) is 10.6 Å². The Bertz CT molecular complexity index is 1170. The minimum Gasteiger partial charge on any atom is -0.479 e. The second kappa shape index (κ2) is 8.55. The fraction of sp³-hybridized carbons (Fsp3) is 0.391. The molecule has 0 aromatic heterocycles. The lowest BCUT2D eigenvalue weighted by Crippen LogP contribution is -2.41. The van der Waals surface area contributed by atoms with E-state index in [1.807, 2.05) is 19.9 Å². The summed E-state index contributed by atoms with van der Waals surface area (Å²) in [7, 11) is -3.58. The lowest BCUT2D eigenvalue weighted by Gasteiger charge is -2.30. The van der Waals surface area contributed by atoms with Gasteiger partial charge in [-0.15, -0.1) is 0 Å². The molecule has 2 aromatic rings. The SMILES string of the molecule is Cc1ccc(S(=O)(=O)N2CCC(C(=O)Nc3ccc4c(c3)NC(=O)[C@@H](C)O4)CC2)cc1C. The zero-order valence-electron chi connectivity index (χ0n) is 18.3. The molecule has 1 saturated heterocycles. The standard InChI is InChI=1S/C23H27N3O5S/c1-14-4-6-19(12-15(14)2)32(29,30)26-10-8-17(9-11-26)23(28)24-18-5-7-21-20(13-18)25-22(27)16(3)31-21/h4-7,12-13,16-17H,8-11H2,1-3H3,(H,24,28)(H,25,27)/t16-/m1/s1. The number of aryl methyl sites for hydroxylation is 2. The highest BCUT2D eigenvalue weighted by Gasteiger charge is 2.32. The minimum absolute atomic E-state index is 0.162. The molecule has 9 heteroatoms. The number of anilines is 2. The van der Waals surface area contributed by atoms with Gasteiger partial charge in [0.25, 0.3) is 5.91 Å².